The first-order valence-corrected chi connectivity index (χ1v) is 5.66. The Balaban J connectivity index is 1.97. The van der Waals surface area contributed by atoms with E-state index in [0.29, 0.717) is 18.5 Å². The summed E-state index contributed by atoms with van der Waals surface area (Å²) in [7, 11) is 0. The van der Waals surface area contributed by atoms with Gasteiger partial charge in [0, 0.05) is 17.5 Å². The van der Waals surface area contributed by atoms with Crippen molar-refractivity contribution in [1.82, 2.24) is 4.90 Å². The molecule has 2 rings (SSSR count). The second kappa shape index (κ2) is 4.67. The molecule has 0 aromatic rings. The van der Waals surface area contributed by atoms with E-state index in [1.165, 1.54) is 45.2 Å². The third kappa shape index (κ3) is 2.02. The Morgan fingerprint density at radius 3 is 2.93 bits per heavy atom. The maximum Gasteiger partial charge on any atom is 0.0301 e. The van der Waals surface area contributed by atoms with Gasteiger partial charge >= 0.3 is 0 Å². The molecule has 0 aromatic carbocycles. The van der Waals surface area contributed by atoms with Crippen LogP contribution in [-0.2, 0) is 0 Å². The fraction of sp³-hybridized carbons (Fsp3) is 1.00. The van der Waals surface area contributed by atoms with E-state index < -0.39 is 0 Å². The molecule has 2 atom stereocenters. The highest BCUT2D eigenvalue weighted by Crippen LogP contribution is 2.30. The van der Waals surface area contributed by atoms with E-state index >= 15 is 0 Å². The summed E-state index contributed by atoms with van der Waals surface area (Å²) in [6.45, 7) is 3.23. The van der Waals surface area contributed by atoms with Crippen LogP contribution in [0, 0.1) is 5.92 Å². The van der Waals surface area contributed by atoms with Crippen molar-refractivity contribution in [3.8, 4) is 0 Å². The minimum Gasteiger partial charge on any atom is -0.300 e. The predicted octanol–water partition coefficient (Wildman–Crippen LogP) is 2.56. The molecule has 0 unspecified atom stereocenters. The van der Waals surface area contributed by atoms with Crippen LogP contribution in [0.15, 0.2) is 5.11 Å². The summed E-state index contributed by atoms with van der Waals surface area (Å²) in [4.78, 5) is 5.48. The summed E-state index contributed by atoms with van der Waals surface area (Å²) in [5, 5.41) is 3.74. The smallest absolute Gasteiger partial charge is 0.0301 e. The second-order valence-electron chi connectivity index (χ2n) is 4.41. The molecular weight excluding hydrogens is 176 g/mol. The molecule has 2 fully saturated rings. The third-order valence-corrected chi connectivity index (χ3v) is 3.61. The molecule has 0 saturated carbocycles. The number of nitrogens with zero attached hydrogens (tertiary/aromatic N) is 4. The van der Waals surface area contributed by atoms with Crippen LogP contribution in [0.5, 0.6) is 0 Å². The lowest BCUT2D eigenvalue weighted by molar-refractivity contribution is 0.0632. The van der Waals surface area contributed by atoms with Crippen molar-refractivity contribution >= 4 is 0 Å². The van der Waals surface area contributed by atoms with Crippen molar-refractivity contribution in [2.75, 3.05) is 19.6 Å². The molecule has 0 amide bonds. The van der Waals surface area contributed by atoms with E-state index in [2.05, 4.69) is 14.9 Å². The monoisotopic (exact) mass is 194 g/mol. The zero-order chi connectivity index (χ0) is 9.80. The second-order valence-corrected chi connectivity index (χ2v) is 4.41. The number of hydrogen-bond donors (Lipinski definition) is 0. The molecule has 2 heterocycles. The summed E-state index contributed by atoms with van der Waals surface area (Å²) >= 11 is 0. The van der Waals surface area contributed by atoms with Crippen LogP contribution in [0.2, 0.25) is 0 Å². The largest absolute Gasteiger partial charge is 0.300 e. The van der Waals surface area contributed by atoms with Crippen LogP contribution < -0.4 is 0 Å². The van der Waals surface area contributed by atoms with Crippen LogP contribution in [-0.4, -0.2) is 30.6 Å². The molecule has 0 N–H and O–H groups in total. The van der Waals surface area contributed by atoms with Gasteiger partial charge in [-0.3, -0.25) is 0 Å². The molecule has 78 valence electrons. The number of azide groups is 1. The first-order valence-electron chi connectivity index (χ1n) is 5.66. The first-order chi connectivity index (χ1) is 6.92. The van der Waals surface area contributed by atoms with Crippen LogP contribution in [0.3, 0.4) is 0 Å². The van der Waals surface area contributed by atoms with E-state index in [-0.39, 0.29) is 0 Å². The van der Waals surface area contributed by atoms with Crippen LogP contribution in [0.25, 0.3) is 10.4 Å². The maximum absolute atomic E-state index is 8.34. The number of fused-ring (bicyclic) bond motifs is 1. The normalized spacial score (nSPS) is 33.1. The summed E-state index contributed by atoms with van der Waals surface area (Å²) < 4.78 is 0. The number of rotatable bonds is 2. The summed E-state index contributed by atoms with van der Waals surface area (Å²) in [6, 6.07) is 0.711. The molecule has 0 spiro atoms. The number of piperidine rings is 2. The highest BCUT2D eigenvalue weighted by molar-refractivity contribution is 4.87. The Kier molecular flexibility index (Phi) is 3.27. The van der Waals surface area contributed by atoms with Gasteiger partial charge in [0.2, 0.25) is 0 Å². The van der Waals surface area contributed by atoms with Gasteiger partial charge in [0.05, 0.1) is 0 Å². The number of hydrogen-bond acceptors (Lipinski definition) is 2. The van der Waals surface area contributed by atoms with Gasteiger partial charge in [-0.2, -0.15) is 0 Å². The molecule has 2 aliphatic heterocycles. The molecule has 4 heteroatoms. The van der Waals surface area contributed by atoms with Gasteiger partial charge in [0.25, 0.3) is 0 Å². The standard InChI is InChI=1S/C10H18N4/c11-13-12-8-9-4-3-7-14-6-2-1-5-10(9)14/h9-10H,1-8H2/t9-,10-/m0/s1. The van der Waals surface area contributed by atoms with Crippen LogP contribution in [0.1, 0.15) is 32.1 Å². The lowest BCUT2D eigenvalue weighted by atomic mass is 9.84. The molecule has 0 aliphatic carbocycles. The molecule has 14 heavy (non-hydrogen) atoms. The van der Waals surface area contributed by atoms with E-state index in [9.17, 15) is 0 Å². The highest BCUT2D eigenvalue weighted by Gasteiger charge is 2.32. The quantitative estimate of drug-likeness (QED) is 0.378. The minimum absolute atomic E-state index is 0.625. The van der Waals surface area contributed by atoms with Crippen molar-refractivity contribution in [2.24, 2.45) is 11.0 Å². The molecule has 4 nitrogen and oxygen atoms in total. The first kappa shape index (κ1) is 9.81. The van der Waals surface area contributed by atoms with Gasteiger partial charge in [-0.05, 0) is 50.2 Å². The van der Waals surface area contributed by atoms with Crippen LogP contribution >= 0.6 is 0 Å². The highest BCUT2D eigenvalue weighted by atomic mass is 15.2. The van der Waals surface area contributed by atoms with E-state index in [4.69, 9.17) is 5.53 Å². The van der Waals surface area contributed by atoms with Crippen molar-refractivity contribution in [3.63, 3.8) is 0 Å². The van der Waals surface area contributed by atoms with E-state index in [1.807, 2.05) is 0 Å². The zero-order valence-electron chi connectivity index (χ0n) is 8.60. The Morgan fingerprint density at radius 2 is 2.07 bits per heavy atom. The summed E-state index contributed by atoms with van der Waals surface area (Å²) in [6.07, 6.45) is 6.55. The third-order valence-electron chi connectivity index (χ3n) is 3.61. The Bertz CT molecular complexity index is 232. The molecule has 0 radical (unpaired) electrons. The van der Waals surface area contributed by atoms with E-state index in [0.717, 1.165) is 0 Å². The van der Waals surface area contributed by atoms with E-state index in [1.54, 1.807) is 0 Å². The van der Waals surface area contributed by atoms with Crippen LogP contribution in [0.4, 0.5) is 0 Å². The molecule has 2 aliphatic rings. The molecule has 2 saturated heterocycles. The van der Waals surface area contributed by atoms with Gasteiger partial charge in [-0.15, -0.1) is 0 Å². The maximum atomic E-state index is 8.34. The average molecular weight is 194 g/mol. The topological polar surface area (TPSA) is 52.0 Å². The lowest BCUT2D eigenvalue weighted by Crippen LogP contribution is -2.48. The van der Waals surface area contributed by atoms with Gasteiger partial charge in [0.15, 0.2) is 0 Å². The minimum atomic E-state index is 0.625. The van der Waals surface area contributed by atoms with Gasteiger partial charge in [-0.25, -0.2) is 0 Å². The SMILES string of the molecule is [N-]=[N+]=NC[C@@H]1CCCN2CCCC[C@@H]12. The average Bonchev–Trinajstić information content (AvgIpc) is 2.26. The molecular formula is C10H18N4. The van der Waals surface area contributed by atoms with Gasteiger partial charge in [-0.1, -0.05) is 11.5 Å². The summed E-state index contributed by atoms with van der Waals surface area (Å²) in [5.41, 5.74) is 8.34. The predicted molar refractivity (Wildman–Crippen MR) is 55.9 cm³/mol. The Hall–Kier alpha value is -0.730. The van der Waals surface area contributed by atoms with Crippen molar-refractivity contribution in [2.45, 2.75) is 38.1 Å². The Morgan fingerprint density at radius 1 is 1.21 bits per heavy atom. The molecule has 0 bridgehead atoms. The Labute approximate surface area is 84.9 Å². The van der Waals surface area contributed by atoms with Crippen molar-refractivity contribution < 1.29 is 0 Å². The summed E-state index contributed by atoms with van der Waals surface area (Å²) in [5.74, 6) is 0.625. The van der Waals surface area contributed by atoms with Gasteiger partial charge < -0.3 is 4.90 Å². The fourth-order valence-corrected chi connectivity index (χ4v) is 2.93. The molecule has 0 aromatic heterocycles. The van der Waals surface area contributed by atoms with Gasteiger partial charge in [0.1, 0.15) is 0 Å². The fourth-order valence-electron chi connectivity index (χ4n) is 2.93. The van der Waals surface area contributed by atoms with Crippen molar-refractivity contribution in [1.29, 1.82) is 0 Å². The zero-order valence-corrected chi connectivity index (χ0v) is 8.60. The lowest BCUT2D eigenvalue weighted by Gasteiger charge is -2.44. The van der Waals surface area contributed by atoms with Crippen molar-refractivity contribution in [3.05, 3.63) is 10.4 Å².